The number of nitrogens with zero attached hydrogens (tertiary/aromatic N) is 2. The van der Waals surface area contributed by atoms with Crippen LogP contribution in [-0.2, 0) is 10.0 Å². The molecule has 0 amide bonds. The van der Waals surface area contributed by atoms with E-state index in [9.17, 15) is 12.8 Å². The van der Waals surface area contributed by atoms with E-state index in [4.69, 9.17) is 5.73 Å². The zero-order valence-corrected chi connectivity index (χ0v) is 13.7. The number of aromatic nitrogens is 1. The second-order valence-electron chi connectivity index (χ2n) is 5.00. The van der Waals surface area contributed by atoms with E-state index in [0.29, 0.717) is 19.3 Å². The fourth-order valence-corrected chi connectivity index (χ4v) is 4.46. The van der Waals surface area contributed by atoms with Gasteiger partial charge in [0.2, 0.25) is 5.03 Å². The van der Waals surface area contributed by atoms with Gasteiger partial charge >= 0.3 is 0 Å². The highest BCUT2D eigenvalue weighted by molar-refractivity contribution is 7.89. The molecule has 5 nitrogen and oxygen atoms in total. The van der Waals surface area contributed by atoms with Crippen molar-refractivity contribution in [3.63, 3.8) is 0 Å². The van der Waals surface area contributed by atoms with E-state index in [1.165, 1.54) is 16.6 Å². The Labute approximate surface area is 126 Å². The minimum absolute atomic E-state index is 0.188. The van der Waals surface area contributed by atoms with Crippen LogP contribution in [0.25, 0.3) is 0 Å². The van der Waals surface area contributed by atoms with Crippen LogP contribution in [0.5, 0.6) is 0 Å². The first-order valence-corrected chi connectivity index (χ1v) is 8.67. The van der Waals surface area contributed by atoms with Crippen molar-refractivity contribution in [3.8, 4) is 0 Å². The van der Waals surface area contributed by atoms with Gasteiger partial charge in [-0.25, -0.2) is 17.8 Å². The lowest BCUT2D eigenvalue weighted by atomic mass is 9.93. The van der Waals surface area contributed by atoms with Gasteiger partial charge in [-0.05, 0) is 31.4 Å². The van der Waals surface area contributed by atoms with Crippen LogP contribution in [0.15, 0.2) is 23.4 Å². The second kappa shape index (κ2) is 7.29. The largest absolute Gasteiger partial charge is 0.329 e. The summed E-state index contributed by atoms with van der Waals surface area (Å²) in [6.07, 6.45) is 3.03. The molecular formula is C14H24FN3O2S. The summed E-state index contributed by atoms with van der Waals surface area (Å²) in [5.74, 6) is -0.836. The maximum Gasteiger partial charge on any atom is 0.264 e. The summed E-state index contributed by atoms with van der Waals surface area (Å²) in [5.41, 5.74) is 5.14. The highest BCUT2D eigenvalue weighted by Crippen LogP contribution is 2.30. The Hall–Kier alpha value is -1.05. The summed E-state index contributed by atoms with van der Waals surface area (Å²) in [7, 11) is -4.02. The van der Waals surface area contributed by atoms with Crippen molar-refractivity contribution < 1.29 is 12.8 Å². The van der Waals surface area contributed by atoms with Gasteiger partial charge in [-0.15, -0.1) is 0 Å². The first-order chi connectivity index (χ1) is 9.89. The molecule has 0 aromatic carbocycles. The normalized spacial score (nSPS) is 12.9. The van der Waals surface area contributed by atoms with Gasteiger partial charge in [0.1, 0.15) is 0 Å². The van der Waals surface area contributed by atoms with Crippen molar-refractivity contribution in [2.24, 2.45) is 5.73 Å². The highest BCUT2D eigenvalue weighted by Gasteiger charge is 2.41. The molecule has 1 heterocycles. The third kappa shape index (κ3) is 3.41. The number of rotatable bonds is 8. The van der Waals surface area contributed by atoms with Gasteiger partial charge in [0, 0.05) is 24.8 Å². The van der Waals surface area contributed by atoms with E-state index in [0.717, 1.165) is 6.07 Å². The molecule has 0 saturated heterocycles. The van der Waals surface area contributed by atoms with Crippen LogP contribution in [0.3, 0.4) is 0 Å². The first kappa shape index (κ1) is 18.0. The minimum Gasteiger partial charge on any atom is -0.329 e. The van der Waals surface area contributed by atoms with Crippen molar-refractivity contribution in [3.05, 3.63) is 24.1 Å². The Bertz CT molecular complexity index is 551. The molecule has 0 bridgehead atoms. The quantitative estimate of drug-likeness (QED) is 0.797. The van der Waals surface area contributed by atoms with Crippen molar-refractivity contribution in [1.82, 2.24) is 9.29 Å². The molecule has 2 N–H and O–H groups in total. The molecular weight excluding hydrogens is 293 g/mol. The predicted octanol–water partition coefficient (Wildman–Crippen LogP) is 2.14. The molecule has 0 saturated carbocycles. The molecule has 120 valence electrons. The van der Waals surface area contributed by atoms with Gasteiger partial charge in [-0.2, -0.15) is 4.31 Å². The molecule has 0 unspecified atom stereocenters. The Morgan fingerprint density at radius 2 is 1.95 bits per heavy atom. The van der Waals surface area contributed by atoms with Crippen LogP contribution in [0, 0.1) is 5.82 Å². The van der Waals surface area contributed by atoms with Gasteiger partial charge in [-0.3, -0.25) is 0 Å². The molecule has 1 aromatic rings. The Balaban J connectivity index is 3.43. The van der Waals surface area contributed by atoms with Crippen LogP contribution in [0.4, 0.5) is 4.39 Å². The average molecular weight is 317 g/mol. The summed E-state index contributed by atoms with van der Waals surface area (Å²) in [6.45, 7) is 6.14. The second-order valence-corrected chi connectivity index (χ2v) is 6.78. The topological polar surface area (TPSA) is 76.3 Å². The molecule has 1 rings (SSSR count). The van der Waals surface area contributed by atoms with Gasteiger partial charge < -0.3 is 5.73 Å². The van der Waals surface area contributed by atoms with E-state index < -0.39 is 26.4 Å². The molecule has 0 aliphatic heterocycles. The van der Waals surface area contributed by atoms with E-state index in [1.54, 1.807) is 0 Å². The number of pyridine rings is 1. The van der Waals surface area contributed by atoms with Crippen molar-refractivity contribution in [2.45, 2.75) is 50.6 Å². The molecule has 0 fully saturated rings. The number of sulfonamides is 1. The molecule has 0 aliphatic rings. The monoisotopic (exact) mass is 317 g/mol. The fraction of sp³-hybridized carbons (Fsp3) is 0.643. The Morgan fingerprint density at radius 1 is 1.33 bits per heavy atom. The van der Waals surface area contributed by atoms with E-state index in [1.807, 2.05) is 20.8 Å². The van der Waals surface area contributed by atoms with Gasteiger partial charge in [-0.1, -0.05) is 20.8 Å². The smallest absolute Gasteiger partial charge is 0.264 e. The summed E-state index contributed by atoms with van der Waals surface area (Å²) < 4.78 is 40.9. The van der Waals surface area contributed by atoms with Gasteiger partial charge in [0.25, 0.3) is 10.0 Å². The van der Waals surface area contributed by atoms with E-state index >= 15 is 0 Å². The third-order valence-corrected chi connectivity index (χ3v) is 5.85. The van der Waals surface area contributed by atoms with Crippen LogP contribution in [0.1, 0.15) is 40.0 Å². The van der Waals surface area contributed by atoms with Crippen LogP contribution >= 0.6 is 0 Å². The summed E-state index contributed by atoms with van der Waals surface area (Å²) in [6, 6.07) is 2.47. The standard InChI is InChI=1S/C14H24FN3O2S/c1-4-10-18(14(5-2,6-3)11-16)21(19,20)13-12(15)8-7-9-17-13/h7-9H,4-6,10-11,16H2,1-3H3. The number of hydrogen-bond donors (Lipinski definition) is 1. The van der Waals surface area contributed by atoms with Crippen LogP contribution < -0.4 is 5.73 Å². The maximum atomic E-state index is 13.9. The highest BCUT2D eigenvalue weighted by atomic mass is 32.2. The Morgan fingerprint density at radius 3 is 2.38 bits per heavy atom. The lowest BCUT2D eigenvalue weighted by Crippen LogP contribution is -2.56. The number of hydrogen-bond acceptors (Lipinski definition) is 4. The molecule has 0 radical (unpaired) electrons. The zero-order valence-electron chi connectivity index (χ0n) is 12.8. The summed E-state index contributed by atoms with van der Waals surface area (Å²) in [4.78, 5) is 3.72. The first-order valence-electron chi connectivity index (χ1n) is 7.23. The predicted molar refractivity (Wildman–Crippen MR) is 80.7 cm³/mol. The number of nitrogens with two attached hydrogens (primary N) is 1. The van der Waals surface area contributed by atoms with Crippen molar-refractivity contribution in [1.29, 1.82) is 0 Å². The van der Waals surface area contributed by atoms with Gasteiger partial charge in [0.05, 0.1) is 0 Å². The number of halogens is 1. The zero-order chi connectivity index (χ0) is 16.1. The molecule has 7 heteroatoms. The molecule has 0 spiro atoms. The van der Waals surface area contributed by atoms with E-state index in [2.05, 4.69) is 4.98 Å². The maximum absolute atomic E-state index is 13.9. The molecule has 0 atom stereocenters. The third-order valence-electron chi connectivity index (χ3n) is 3.91. The van der Waals surface area contributed by atoms with Crippen molar-refractivity contribution in [2.75, 3.05) is 13.1 Å². The van der Waals surface area contributed by atoms with E-state index in [-0.39, 0.29) is 13.1 Å². The SMILES string of the molecule is CCCN(C(CC)(CC)CN)S(=O)(=O)c1ncccc1F. The lowest BCUT2D eigenvalue weighted by Gasteiger charge is -2.41. The molecule has 21 heavy (non-hydrogen) atoms. The minimum atomic E-state index is -4.02. The summed E-state index contributed by atoms with van der Waals surface area (Å²) in [5, 5.41) is -0.529. The lowest BCUT2D eigenvalue weighted by molar-refractivity contribution is 0.177. The molecule has 0 aliphatic carbocycles. The Kier molecular flexibility index (Phi) is 6.24. The van der Waals surface area contributed by atoms with Crippen LogP contribution in [0.2, 0.25) is 0 Å². The van der Waals surface area contributed by atoms with Crippen molar-refractivity contribution >= 4 is 10.0 Å². The van der Waals surface area contributed by atoms with Gasteiger partial charge in [0.15, 0.2) is 5.82 Å². The molecule has 1 aromatic heterocycles. The summed E-state index contributed by atoms with van der Waals surface area (Å²) >= 11 is 0. The fourth-order valence-electron chi connectivity index (χ4n) is 2.47. The van der Waals surface area contributed by atoms with Crippen LogP contribution in [-0.4, -0.2) is 36.3 Å². The average Bonchev–Trinajstić information content (AvgIpc) is 2.48.